The number of rotatable bonds is 5. The zero-order valence-electron chi connectivity index (χ0n) is 10.8. The molecule has 0 aliphatic heterocycles. The minimum atomic E-state index is -0.320. The van der Waals surface area contributed by atoms with E-state index in [-0.39, 0.29) is 16.9 Å². The first-order valence-corrected chi connectivity index (χ1v) is 6.32. The Labute approximate surface area is 120 Å². The highest BCUT2D eigenvalue weighted by Gasteiger charge is 2.17. The van der Waals surface area contributed by atoms with E-state index in [0.717, 1.165) is 0 Å². The molecule has 106 valence electrons. The van der Waals surface area contributed by atoms with Gasteiger partial charge in [-0.05, 0) is 41.9 Å². The van der Waals surface area contributed by atoms with Crippen molar-refractivity contribution in [3.05, 3.63) is 53.2 Å². The monoisotopic (exact) mass is 297 g/mol. The van der Waals surface area contributed by atoms with Gasteiger partial charge in [-0.15, -0.1) is 0 Å². The molecule has 0 fully saturated rings. The molecule has 0 saturated heterocycles. The number of carbonyl (C=O) groups excluding carboxylic acids is 1. The van der Waals surface area contributed by atoms with Crippen LogP contribution >= 0.6 is 11.6 Å². The van der Waals surface area contributed by atoms with E-state index in [9.17, 15) is 9.18 Å². The van der Waals surface area contributed by atoms with Crippen molar-refractivity contribution in [1.82, 2.24) is 4.90 Å². The van der Waals surface area contributed by atoms with E-state index < -0.39 is 0 Å². The van der Waals surface area contributed by atoms with Gasteiger partial charge in [-0.3, -0.25) is 4.79 Å². The predicted molar refractivity (Wildman–Crippen MR) is 72.6 cm³/mol. The molecule has 0 N–H and O–H groups in total. The Morgan fingerprint density at radius 1 is 1.35 bits per heavy atom. The van der Waals surface area contributed by atoms with Crippen LogP contribution in [0.1, 0.15) is 10.4 Å². The summed E-state index contributed by atoms with van der Waals surface area (Å²) in [6.45, 7) is 0.668. The van der Waals surface area contributed by atoms with Crippen LogP contribution in [0.3, 0.4) is 0 Å². The number of nitrogens with zero attached hydrogens (tertiary/aromatic N) is 1. The Kier molecular flexibility index (Phi) is 4.63. The molecule has 1 heterocycles. The van der Waals surface area contributed by atoms with Crippen LogP contribution < -0.4 is 4.74 Å². The smallest absolute Gasteiger partial charge is 0.258 e. The number of benzene rings is 1. The van der Waals surface area contributed by atoms with Gasteiger partial charge in [0.2, 0.25) is 5.22 Å². The molecule has 0 atom stereocenters. The lowest BCUT2D eigenvalue weighted by Crippen LogP contribution is -2.30. The predicted octanol–water partition coefficient (Wildman–Crippen LogP) is 3.22. The van der Waals surface area contributed by atoms with Gasteiger partial charge in [0.1, 0.15) is 18.2 Å². The van der Waals surface area contributed by atoms with E-state index in [4.69, 9.17) is 20.8 Å². The van der Waals surface area contributed by atoms with Gasteiger partial charge in [0.15, 0.2) is 0 Å². The Morgan fingerprint density at radius 2 is 2.05 bits per heavy atom. The SMILES string of the molecule is CN(CCOc1ccc(F)cc1)C(=O)c1ccoc1Cl. The Hall–Kier alpha value is -2.01. The Bertz CT molecular complexity index is 582. The van der Waals surface area contributed by atoms with Gasteiger partial charge in [-0.25, -0.2) is 4.39 Å². The molecule has 20 heavy (non-hydrogen) atoms. The van der Waals surface area contributed by atoms with Crippen molar-refractivity contribution in [2.45, 2.75) is 0 Å². The van der Waals surface area contributed by atoms with Crippen LogP contribution in [-0.4, -0.2) is 31.0 Å². The molecule has 0 spiro atoms. The van der Waals surface area contributed by atoms with E-state index in [1.165, 1.54) is 41.5 Å². The third-order valence-electron chi connectivity index (χ3n) is 2.70. The van der Waals surface area contributed by atoms with Crippen molar-refractivity contribution in [2.24, 2.45) is 0 Å². The Balaban J connectivity index is 1.83. The molecule has 0 aliphatic rings. The lowest BCUT2D eigenvalue weighted by Gasteiger charge is -2.16. The fourth-order valence-electron chi connectivity index (χ4n) is 1.58. The van der Waals surface area contributed by atoms with Gasteiger partial charge < -0.3 is 14.1 Å². The van der Waals surface area contributed by atoms with Crippen molar-refractivity contribution in [3.8, 4) is 5.75 Å². The number of halogens is 2. The first-order valence-electron chi connectivity index (χ1n) is 5.95. The second kappa shape index (κ2) is 6.43. The molecular formula is C14H13ClFNO3. The zero-order valence-corrected chi connectivity index (χ0v) is 11.6. The highest BCUT2D eigenvalue weighted by atomic mass is 35.5. The maximum atomic E-state index is 12.7. The van der Waals surface area contributed by atoms with Crippen LogP contribution in [0.25, 0.3) is 0 Å². The molecule has 0 aliphatic carbocycles. The van der Waals surface area contributed by atoms with Gasteiger partial charge in [0.05, 0.1) is 18.4 Å². The quantitative estimate of drug-likeness (QED) is 0.851. The van der Waals surface area contributed by atoms with Crippen molar-refractivity contribution >= 4 is 17.5 Å². The molecule has 0 bridgehead atoms. The van der Waals surface area contributed by atoms with Crippen LogP contribution in [0, 0.1) is 5.82 Å². The summed E-state index contributed by atoms with van der Waals surface area (Å²) in [7, 11) is 1.64. The number of ether oxygens (including phenoxy) is 1. The number of amides is 1. The maximum Gasteiger partial charge on any atom is 0.258 e. The second-order valence-corrected chi connectivity index (χ2v) is 4.48. The maximum absolute atomic E-state index is 12.7. The molecule has 1 aromatic carbocycles. The van der Waals surface area contributed by atoms with Gasteiger partial charge >= 0.3 is 0 Å². The molecule has 0 unspecified atom stereocenters. The molecular weight excluding hydrogens is 285 g/mol. The minimum Gasteiger partial charge on any atom is -0.492 e. The van der Waals surface area contributed by atoms with Crippen molar-refractivity contribution in [2.75, 3.05) is 20.2 Å². The van der Waals surface area contributed by atoms with E-state index >= 15 is 0 Å². The second-order valence-electron chi connectivity index (χ2n) is 4.14. The summed E-state index contributed by atoms with van der Waals surface area (Å²) in [4.78, 5) is 13.5. The lowest BCUT2D eigenvalue weighted by atomic mass is 10.3. The summed E-state index contributed by atoms with van der Waals surface area (Å²) < 4.78 is 23.0. The topological polar surface area (TPSA) is 42.7 Å². The van der Waals surface area contributed by atoms with Crippen LogP contribution in [0.2, 0.25) is 5.22 Å². The summed E-state index contributed by atoms with van der Waals surface area (Å²) in [5.41, 5.74) is 0.316. The van der Waals surface area contributed by atoms with Crippen LogP contribution in [0.5, 0.6) is 5.75 Å². The molecule has 0 radical (unpaired) electrons. The molecule has 2 rings (SSSR count). The molecule has 1 amide bonds. The molecule has 6 heteroatoms. The fraction of sp³-hybridized carbons (Fsp3) is 0.214. The number of furan rings is 1. The summed E-state index contributed by atoms with van der Waals surface area (Å²) in [6, 6.07) is 7.21. The lowest BCUT2D eigenvalue weighted by molar-refractivity contribution is 0.0773. The fourth-order valence-corrected chi connectivity index (χ4v) is 1.78. The zero-order chi connectivity index (χ0) is 14.5. The average molecular weight is 298 g/mol. The van der Waals surface area contributed by atoms with Gasteiger partial charge in [0.25, 0.3) is 5.91 Å². The molecule has 1 aromatic heterocycles. The van der Waals surface area contributed by atoms with Crippen molar-refractivity contribution in [1.29, 1.82) is 0 Å². The van der Waals surface area contributed by atoms with Crippen molar-refractivity contribution < 1.29 is 18.3 Å². The van der Waals surface area contributed by atoms with E-state index in [2.05, 4.69) is 0 Å². The Morgan fingerprint density at radius 3 is 2.65 bits per heavy atom. The largest absolute Gasteiger partial charge is 0.492 e. The van der Waals surface area contributed by atoms with E-state index in [1.807, 2.05) is 0 Å². The first kappa shape index (κ1) is 14.4. The summed E-state index contributed by atoms with van der Waals surface area (Å²) >= 11 is 5.74. The van der Waals surface area contributed by atoms with Gasteiger partial charge in [-0.1, -0.05) is 0 Å². The summed E-state index contributed by atoms with van der Waals surface area (Å²) in [5, 5.41) is 0.0707. The van der Waals surface area contributed by atoms with Gasteiger partial charge in [0, 0.05) is 7.05 Å². The van der Waals surface area contributed by atoms with Crippen LogP contribution in [0.4, 0.5) is 4.39 Å². The number of hydrogen-bond donors (Lipinski definition) is 0. The molecule has 2 aromatic rings. The third kappa shape index (κ3) is 3.51. The number of carbonyl (C=O) groups is 1. The summed E-state index contributed by atoms with van der Waals surface area (Å²) in [5.74, 6) is -0.0145. The van der Waals surface area contributed by atoms with Crippen molar-refractivity contribution in [3.63, 3.8) is 0 Å². The first-order chi connectivity index (χ1) is 9.58. The average Bonchev–Trinajstić information content (AvgIpc) is 2.86. The minimum absolute atomic E-state index is 0.0707. The van der Waals surface area contributed by atoms with Gasteiger partial charge in [-0.2, -0.15) is 0 Å². The summed E-state index contributed by atoms with van der Waals surface area (Å²) in [6.07, 6.45) is 1.36. The standard InChI is InChI=1S/C14H13ClFNO3/c1-17(14(18)12-6-8-20-13(12)15)7-9-19-11-4-2-10(16)3-5-11/h2-6,8H,7,9H2,1H3. The number of hydrogen-bond acceptors (Lipinski definition) is 3. The molecule has 4 nitrogen and oxygen atoms in total. The van der Waals surface area contributed by atoms with Crippen LogP contribution in [0.15, 0.2) is 41.0 Å². The third-order valence-corrected chi connectivity index (χ3v) is 3.00. The van der Waals surface area contributed by atoms with E-state index in [0.29, 0.717) is 24.5 Å². The molecule has 0 saturated carbocycles. The number of likely N-dealkylation sites (N-methyl/N-ethyl adjacent to an activating group) is 1. The van der Waals surface area contributed by atoms with Crippen LogP contribution in [-0.2, 0) is 0 Å². The van der Waals surface area contributed by atoms with E-state index in [1.54, 1.807) is 7.05 Å². The normalized spacial score (nSPS) is 10.3. The highest BCUT2D eigenvalue weighted by molar-refractivity contribution is 6.32. The highest BCUT2D eigenvalue weighted by Crippen LogP contribution is 2.18.